The molecule has 108 valence electrons. The number of nitrogens with one attached hydrogen (secondary N) is 1. The molecule has 3 heteroatoms. The molecule has 0 unspecified atom stereocenters. The standard InChI is InChI=1S/C16H27NO2/c1-11-12-4-5-13(8-12)14(11)15(18)17-9-16(10-19-2)6-3-7-16/h11-14H,3-10H2,1-2H3,(H,17,18)/t11-,12+,13-,14-/m1/s1. The van der Waals surface area contributed by atoms with E-state index in [1.165, 1.54) is 38.5 Å². The van der Waals surface area contributed by atoms with Crippen molar-refractivity contribution in [3.63, 3.8) is 0 Å². The maximum atomic E-state index is 12.5. The van der Waals surface area contributed by atoms with E-state index >= 15 is 0 Å². The summed E-state index contributed by atoms with van der Waals surface area (Å²) in [5.41, 5.74) is 0.241. The maximum Gasteiger partial charge on any atom is 0.223 e. The summed E-state index contributed by atoms with van der Waals surface area (Å²) in [5, 5.41) is 3.25. The number of fused-ring (bicyclic) bond motifs is 2. The summed E-state index contributed by atoms with van der Waals surface area (Å²) in [6.07, 6.45) is 7.60. The van der Waals surface area contributed by atoms with E-state index in [9.17, 15) is 4.79 Å². The van der Waals surface area contributed by atoms with Gasteiger partial charge in [0, 0.05) is 25.0 Å². The number of carbonyl (C=O) groups is 1. The first-order valence-electron chi connectivity index (χ1n) is 7.92. The number of hydrogen-bond acceptors (Lipinski definition) is 2. The quantitative estimate of drug-likeness (QED) is 0.830. The minimum Gasteiger partial charge on any atom is -0.384 e. The highest BCUT2D eigenvalue weighted by atomic mass is 16.5. The molecule has 3 rings (SSSR count). The number of hydrogen-bond donors (Lipinski definition) is 1. The predicted octanol–water partition coefficient (Wildman–Crippen LogP) is 2.60. The highest BCUT2D eigenvalue weighted by Crippen LogP contribution is 2.52. The fraction of sp³-hybridized carbons (Fsp3) is 0.938. The lowest BCUT2D eigenvalue weighted by atomic mass is 9.69. The van der Waals surface area contributed by atoms with Gasteiger partial charge in [-0.05, 0) is 49.9 Å². The second-order valence-electron chi connectivity index (χ2n) is 7.22. The molecule has 2 bridgehead atoms. The molecule has 19 heavy (non-hydrogen) atoms. The first kappa shape index (κ1) is 13.4. The minimum atomic E-state index is 0.241. The number of carbonyl (C=O) groups excluding carboxylic acids is 1. The third kappa shape index (κ3) is 2.31. The van der Waals surface area contributed by atoms with Crippen LogP contribution in [0.5, 0.6) is 0 Å². The second kappa shape index (κ2) is 5.08. The summed E-state index contributed by atoms with van der Waals surface area (Å²) in [6.45, 7) is 3.89. The van der Waals surface area contributed by atoms with Crippen LogP contribution in [0.2, 0.25) is 0 Å². The molecule has 1 amide bonds. The topological polar surface area (TPSA) is 38.3 Å². The third-order valence-electron chi connectivity index (χ3n) is 6.14. The van der Waals surface area contributed by atoms with Crippen LogP contribution in [0, 0.1) is 29.1 Å². The molecule has 1 N–H and O–H groups in total. The van der Waals surface area contributed by atoms with Crippen LogP contribution in [0.15, 0.2) is 0 Å². The number of ether oxygens (including phenoxy) is 1. The van der Waals surface area contributed by atoms with Gasteiger partial charge < -0.3 is 10.1 Å². The SMILES string of the molecule is COCC1(CNC(=O)[C@H]2[C@@H]3CC[C@@H](C3)[C@H]2C)CCC1. The lowest BCUT2D eigenvalue weighted by molar-refractivity contribution is -0.129. The molecule has 0 aliphatic heterocycles. The van der Waals surface area contributed by atoms with Gasteiger partial charge >= 0.3 is 0 Å². The Balaban J connectivity index is 1.54. The van der Waals surface area contributed by atoms with Gasteiger partial charge in [-0.1, -0.05) is 13.3 Å². The van der Waals surface area contributed by atoms with Crippen molar-refractivity contribution < 1.29 is 9.53 Å². The first-order valence-corrected chi connectivity index (χ1v) is 7.92. The van der Waals surface area contributed by atoms with Gasteiger partial charge in [-0.25, -0.2) is 0 Å². The van der Waals surface area contributed by atoms with Crippen LogP contribution < -0.4 is 5.32 Å². The van der Waals surface area contributed by atoms with Crippen molar-refractivity contribution in [2.45, 2.75) is 45.4 Å². The maximum absolute atomic E-state index is 12.5. The van der Waals surface area contributed by atoms with Gasteiger partial charge in [0.1, 0.15) is 0 Å². The zero-order valence-electron chi connectivity index (χ0n) is 12.3. The zero-order chi connectivity index (χ0) is 13.5. The molecule has 3 fully saturated rings. The average molecular weight is 265 g/mol. The van der Waals surface area contributed by atoms with Crippen molar-refractivity contribution >= 4 is 5.91 Å². The molecule has 0 saturated heterocycles. The van der Waals surface area contributed by atoms with Gasteiger partial charge in [0.2, 0.25) is 5.91 Å². The molecule has 0 aromatic heterocycles. The normalized spacial score (nSPS) is 39.1. The zero-order valence-corrected chi connectivity index (χ0v) is 12.3. The van der Waals surface area contributed by atoms with Crippen molar-refractivity contribution in [2.24, 2.45) is 29.1 Å². The lowest BCUT2D eigenvalue weighted by Gasteiger charge is -2.42. The van der Waals surface area contributed by atoms with Crippen LogP contribution in [0.4, 0.5) is 0 Å². The summed E-state index contributed by atoms with van der Waals surface area (Å²) in [4.78, 5) is 12.5. The van der Waals surface area contributed by atoms with Gasteiger partial charge in [-0.2, -0.15) is 0 Å². The molecule has 0 spiro atoms. The Labute approximate surface area is 116 Å². The molecule has 3 aliphatic carbocycles. The summed E-state index contributed by atoms with van der Waals surface area (Å²) in [6, 6.07) is 0. The predicted molar refractivity (Wildman–Crippen MR) is 74.7 cm³/mol. The monoisotopic (exact) mass is 265 g/mol. The van der Waals surface area contributed by atoms with E-state index in [1.54, 1.807) is 7.11 Å². The Morgan fingerprint density at radius 1 is 1.32 bits per heavy atom. The third-order valence-corrected chi connectivity index (χ3v) is 6.14. The van der Waals surface area contributed by atoms with Crippen LogP contribution in [-0.4, -0.2) is 26.2 Å². The van der Waals surface area contributed by atoms with Crippen molar-refractivity contribution in [3.05, 3.63) is 0 Å². The van der Waals surface area contributed by atoms with Gasteiger partial charge in [-0.15, -0.1) is 0 Å². The largest absolute Gasteiger partial charge is 0.384 e. The fourth-order valence-corrected chi connectivity index (χ4v) is 4.78. The summed E-state index contributed by atoms with van der Waals surface area (Å²) < 4.78 is 5.33. The van der Waals surface area contributed by atoms with E-state index in [2.05, 4.69) is 12.2 Å². The van der Waals surface area contributed by atoms with E-state index in [-0.39, 0.29) is 5.41 Å². The lowest BCUT2D eigenvalue weighted by Crippen LogP contribution is -2.47. The number of methoxy groups -OCH3 is 1. The van der Waals surface area contributed by atoms with Crippen LogP contribution in [0.3, 0.4) is 0 Å². The molecule has 0 aromatic rings. The smallest absolute Gasteiger partial charge is 0.223 e. The average Bonchev–Trinajstić information content (AvgIpc) is 2.92. The summed E-state index contributed by atoms with van der Waals surface area (Å²) in [5.74, 6) is 2.69. The Bertz CT molecular complexity index is 349. The molecule has 0 radical (unpaired) electrons. The van der Waals surface area contributed by atoms with E-state index in [0.717, 1.165) is 19.1 Å². The Morgan fingerprint density at radius 2 is 2.05 bits per heavy atom. The Hall–Kier alpha value is -0.570. The molecule has 0 heterocycles. The first-order chi connectivity index (χ1) is 9.15. The molecule has 4 atom stereocenters. The summed E-state index contributed by atoms with van der Waals surface area (Å²) >= 11 is 0. The van der Waals surface area contributed by atoms with E-state index < -0.39 is 0 Å². The van der Waals surface area contributed by atoms with Crippen molar-refractivity contribution in [1.82, 2.24) is 5.32 Å². The molecule has 0 aromatic carbocycles. The molecule has 3 nitrogen and oxygen atoms in total. The van der Waals surface area contributed by atoms with Gasteiger partial charge in [-0.3, -0.25) is 4.79 Å². The Kier molecular flexibility index (Phi) is 3.59. The van der Waals surface area contributed by atoms with Crippen LogP contribution in [-0.2, 0) is 9.53 Å². The number of amides is 1. The van der Waals surface area contributed by atoms with Crippen LogP contribution in [0.25, 0.3) is 0 Å². The van der Waals surface area contributed by atoms with Crippen LogP contribution in [0.1, 0.15) is 45.4 Å². The molecular formula is C16H27NO2. The van der Waals surface area contributed by atoms with Crippen molar-refractivity contribution in [3.8, 4) is 0 Å². The van der Waals surface area contributed by atoms with E-state index in [4.69, 9.17) is 4.74 Å². The molecular weight excluding hydrogens is 238 g/mol. The van der Waals surface area contributed by atoms with Crippen molar-refractivity contribution in [2.75, 3.05) is 20.3 Å². The van der Waals surface area contributed by atoms with E-state index in [0.29, 0.717) is 23.7 Å². The minimum absolute atomic E-state index is 0.241. The summed E-state index contributed by atoms with van der Waals surface area (Å²) in [7, 11) is 1.76. The van der Waals surface area contributed by atoms with Gasteiger partial charge in [0.05, 0.1) is 6.61 Å². The van der Waals surface area contributed by atoms with Crippen LogP contribution >= 0.6 is 0 Å². The number of rotatable bonds is 5. The van der Waals surface area contributed by atoms with Gasteiger partial charge in [0.25, 0.3) is 0 Å². The van der Waals surface area contributed by atoms with Crippen molar-refractivity contribution in [1.29, 1.82) is 0 Å². The molecule has 3 aliphatic rings. The van der Waals surface area contributed by atoms with Gasteiger partial charge in [0.15, 0.2) is 0 Å². The highest BCUT2D eigenvalue weighted by molar-refractivity contribution is 5.79. The second-order valence-corrected chi connectivity index (χ2v) is 7.22. The van der Waals surface area contributed by atoms with E-state index in [1.807, 2.05) is 0 Å². The fourth-order valence-electron chi connectivity index (χ4n) is 4.78. The Morgan fingerprint density at radius 3 is 2.58 bits per heavy atom. The highest BCUT2D eigenvalue weighted by Gasteiger charge is 2.48. The molecule has 3 saturated carbocycles.